The molecule has 0 bridgehead atoms. The number of aliphatic hydroxyl groups excluding tert-OH is 1. The van der Waals surface area contributed by atoms with Crippen LogP contribution < -0.4 is 0 Å². The van der Waals surface area contributed by atoms with E-state index in [0.29, 0.717) is 0 Å². The first-order chi connectivity index (χ1) is 8.22. The maximum Gasteiger partial charge on any atom is 0.313 e. The Morgan fingerprint density at radius 3 is 1.28 bits per heavy atom. The molecule has 0 heterocycles. The molecule has 0 amide bonds. The number of aliphatic hydroxyl groups is 2. The minimum absolute atomic E-state index is 0.0833. The van der Waals surface area contributed by atoms with Gasteiger partial charge in [0.15, 0.2) is 0 Å². The van der Waals surface area contributed by atoms with Gasteiger partial charge in [-0.1, -0.05) is 25.3 Å². The number of thiol groups is 2. The van der Waals surface area contributed by atoms with Crippen LogP contribution in [0.2, 0.25) is 0 Å². The molecule has 106 valence electrons. The highest BCUT2D eigenvalue weighted by Crippen LogP contribution is 2.03. The Labute approximate surface area is 116 Å². The van der Waals surface area contributed by atoms with Gasteiger partial charge in [-0.05, 0) is 0 Å². The number of carboxylic acids is 2. The summed E-state index contributed by atoms with van der Waals surface area (Å²) >= 11 is 6.83. The lowest BCUT2D eigenvalue weighted by Crippen LogP contribution is -2.26. The topological polar surface area (TPSA) is 115 Å². The lowest BCUT2D eigenvalue weighted by Gasteiger charge is -2.14. The highest BCUT2D eigenvalue weighted by atomic mass is 32.1. The van der Waals surface area contributed by atoms with Crippen molar-refractivity contribution in [1.29, 1.82) is 0 Å². The lowest BCUT2D eigenvalue weighted by atomic mass is 10.1. The molecular formula is C10H18O6S2. The molecule has 0 spiro atoms. The van der Waals surface area contributed by atoms with E-state index in [-0.39, 0.29) is 18.1 Å². The van der Waals surface area contributed by atoms with Gasteiger partial charge in [0.25, 0.3) is 0 Å². The second kappa shape index (κ2) is 14.1. The molecule has 0 aliphatic heterocycles. The van der Waals surface area contributed by atoms with E-state index in [1.165, 1.54) is 12.2 Å². The normalized spacial score (nSPS) is 8.89. The van der Waals surface area contributed by atoms with Gasteiger partial charge in [0.05, 0.1) is 18.1 Å². The van der Waals surface area contributed by atoms with Crippen molar-refractivity contribution in [1.82, 2.24) is 0 Å². The summed E-state index contributed by atoms with van der Waals surface area (Å²) in [6, 6.07) is 0. The molecule has 0 atom stereocenters. The fraction of sp³-hybridized carbons (Fsp3) is 0.400. The van der Waals surface area contributed by atoms with E-state index in [4.69, 9.17) is 20.4 Å². The quantitative estimate of drug-likeness (QED) is 0.316. The standard InChI is InChI=1S/C6H10O2.2C2H4O2S/c1-3-6(8,4-2)5-7;2*3-2(4)1-5/h3-4,7-8H,1-2,5H2;2*5H,1H2,(H,3,4). The van der Waals surface area contributed by atoms with E-state index in [1.54, 1.807) is 0 Å². The number of carbonyl (C=O) groups is 2. The Hall–Kier alpha value is -0.960. The molecule has 0 aromatic carbocycles. The highest BCUT2D eigenvalue weighted by molar-refractivity contribution is 7.81. The summed E-state index contributed by atoms with van der Waals surface area (Å²) in [5.74, 6) is -1.93. The van der Waals surface area contributed by atoms with Gasteiger partial charge in [-0.2, -0.15) is 25.3 Å². The SMILES string of the molecule is C=CC(O)(C=C)CO.O=C(O)CS.O=C(O)CS. The second-order valence-electron chi connectivity index (χ2n) is 2.66. The minimum Gasteiger partial charge on any atom is -0.481 e. The largest absolute Gasteiger partial charge is 0.481 e. The van der Waals surface area contributed by atoms with Gasteiger partial charge in [0.1, 0.15) is 5.60 Å². The molecule has 0 aromatic heterocycles. The van der Waals surface area contributed by atoms with Gasteiger partial charge in [0.2, 0.25) is 0 Å². The summed E-state index contributed by atoms with van der Waals surface area (Å²) in [4.78, 5) is 18.6. The third kappa shape index (κ3) is 20.5. The predicted octanol–water partition coefficient (Wildman–Crippen LogP) is 0.0834. The number of carboxylic acid groups (broad SMARTS) is 2. The molecule has 18 heavy (non-hydrogen) atoms. The summed E-state index contributed by atoms with van der Waals surface area (Å²) in [6.07, 6.45) is 2.47. The summed E-state index contributed by atoms with van der Waals surface area (Å²) in [5.41, 5.74) is -1.29. The average molecular weight is 298 g/mol. The van der Waals surface area contributed by atoms with Crippen LogP contribution in [0, 0.1) is 0 Å². The fourth-order valence-electron chi connectivity index (χ4n) is 0.212. The van der Waals surface area contributed by atoms with Gasteiger partial charge in [-0.3, -0.25) is 9.59 Å². The zero-order chi connectivity index (χ0) is 15.2. The molecule has 0 fully saturated rings. The molecule has 0 rings (SSSR count). The number of rotatable bonds is 5. The number of aliphatic carboxylic acids is 2. The first kappa shape index (κ1) is 22.2. The number of hydrogen-bond acceptors (Lipinski definition) is 6. The van der Waals surface area contributed by atoms with Gasteiger partial charge in [-0.25, -0.2) is 0 Å². The van der Waals surface area contributed by atoms with Crippen molar-refractivity contribution < 1.29 is 30.0 Å². The van der Waals surface area contributed by atoms with Crippen LogP contribution in [-0.4, -0.2) is 56.1 Å². The second-order valence-corrected chi connectivity index (χ2v) is 3.29. The summed E-state index contributed by atoms with van der Waals surface area (Å²) in [7, 11) is 0. The van der Waals surface area contributed by atoms with Crippen LogP contribution >= 0.6 is 25.3 Å². The van der Waals surface area contributed by atoms with Gasteiger partial charge < -0.3 is 20.4 Å². The van der Waals surface area contributed by atoms with E-state index >= 15 is 0 Å². The van der Waals surface area contributed by atoms with Crippen molar-refractivity contribution in [3.05, 3.63) is 25.3 Å². The molecule has 0 saturated heterocycles. The van der Waals surface area contributed by atoms with Crippen LogP contribution in [0.4, 0.5) is 0 Å². The highest BCUT2D eigenvalue weighted by Gasteiger charge is 2.14. The van der Waals surface area contributed by atoms with Crippen LogP contribution in [0.1, 0.15) is 0 Å². The van der Waals surface area contributed by atoms with Crippen LogP contribution in [-0.2, 0) is 9.59 Å². The Kier molecular flexibility index (Phi) is 17.4. The van der Waals surface area contributed by atoms with Crippen LogP contribution in [0.25, 0.3) is 0 Å². The summed E-state index contributed by atoms with van der Waals surface area (Å²) in [6.45, 7) is 6.23. The van der Waals surface area contributed by atoms with Gasteiger partial charge in [0, 0.05) is 0 Å². The summed E-state index contributed by atoms with van der Waals surface area (Å²) in [5, 5.41) is 32.6. The smallest absolute Gasteiger partial charge is 0.313 e. The van der Waals surface area contributed by atoms with Gasteiger partial charge >= 0.3 is 11.9 Å². The van der Waals surface area contributed by atoms with E-state index in [0.717, 1.165) is 0 Å². The van der Waals surface area contributed by atoms with Crippen LogP contribution in [0.15, 0.2) is 25.3 Å². The molecule has 0 aliphatic carbocycles. The van der Waals surface area contributed by atoms with E-state index in [1.807, 2.05) is 0 Å². The molecule has 0 unspecified atom stereocenters. The van der Waals surface area contributed by atoms with Crippen molar-refractivity contribution in [2.24, 2.45) is 0 Å². The van der Waals surface area contributed by atoms with Crippen molar-refractivity contribution in [2.45, 2.75) is 5.60 Å². The molecule has 6 nitrogen and oxygen atoms in total. The van der Waals surface area contributed by atoms with Crippen molar-refractivity contribution in [3.8, 4) is 0 Å². The van der Waals surface area contributed by atoms with Crippen molar-refractivity contribution in [3.63, 3.8) is 0 Å². The molecular weight excluding hydrogens is 280 g/mol. The Bertz CT molecular complexity index is 245. The third-order valence-corrected chi connectivity index (χ3v) is 1.77. The molecule has 8 heteroatoms. The molecule has 0 radical (unpaired) electrons. The van der Waals surface area contributed by atoms with E-state index in [9.17, 15) is 9.59 Å². The zero-order valence-electron chi connectivity index (χ0n) is 9.69. The van der Waals surface area contributed by atoms with Crippen LogP contribution in [0.3, 0.4) is 0 Å². The fourth-order valence-corrected chi connectivity index (χ4v) is 0.212. The monoisotopic (exact) mass is 298 g/mol. The maximum absolute atomic E-state index is 9.29. The first-order valence-electron chi connectivity index (χ1n) is 4.48. The van der Waals surface area contributed by atoms with Crippen molar-refractivity contribution >= 4 is 37.2 Å². The number of hydrogen-bond donors (Lipinski definition) is 6. The summed E-state index contributed by atoms with van der Waals surface area (Å²) < 4.78 is 0. The van der Waals surface area contributed by atoms with Crippen molar-refractivity contribution in [2.75, 3.05) is 18.1 Å². The Morgan fingerprint density at radius 1 is 1.06 bits per heavy atom. The molecule has 0 aliphatic rings. The Balaban J connectivity index is -0.000000197. The first-order valence-corrected chi connectivity index (χ1v) is 5.75. The third-order valence-electron chi connectivity index (χ3n) is 1.23. The maximum atomic E-state index is 9.29. The Morgan fingerprint density at radius 2 is 1.28 bits per heavy atom. The molecule has 4 N–H and O–H groups in total. The predicted molar refractivity (Wildman–Crippen MR) is 75.4 cm³/mol. The molecule has 0 aromatic rings. The van der Waals surface area contributed by atoms with Gasteiger partial charge in [-0.15, -0.1) is 0 Å². The van der Waals surface area contributed by atoms with E-state index < -0.39 is 17.5 Å². The van der Waals surface area contributed by atoms with E-state index in [2.05, 4.69) is 38.4 Å². The average Bonchev–Trinajstić information content (AvgIpc) is 2.39. The molecule has 0 saturated carbocycles. The zero-order valence-corrected chi connectivity index (χ0v) is 11.5. The minimum atomic E-state index is -1.29. The van der Waals surface area contributed by atoms with Crippen LogP contribution in [0.5, 0.6) is 0 Å². The lowest BCUT2D eigenvalue weighted by molar-refractivity contribution is -0.134.